The predicted molar refractivity (Wildman–Crippen MR) is 48.0 cm³/mol. The highest BCUT2D eigenvalue weighted by Gasteiger charge is 2.22. The van der Waals surface area contributed by atoms with Crippen LogP contribution < -0.4 is 0 Å². The third-order valence-electron chi connectivity index (χ3n) is 2.38. The molecule has 2 rings (SSSR count). The number of rotatable bonds is 1. The second kappa shape index (κ2) is 2.59. The van der Waals surface area contributed by atoms with Crippen LogP contribution in [0.15, 0.2) is 0 Å². The van der Waals surface area contributed by atoms with Gasteiger partial charge in [0.2, 0.25) is 0 Å². The molecule has 1 aliphatic carbocycles. The number of carbonyl (C=O) groups is 1. The van der Waals surface area contributed by atoms with E-state index in [2.05, 4.69) is 0 Å². The van der Waals surface area contributed by atoms with Crippen LogP contribution in [-0.4, -0.2) is 11.1 Å². The summed E-state index contributed by atoms with van der Waals surface area (Å²) in [6.45, 7) is 1.92. The molecule has 0 unspecified atom stereocenters. The summed E-state index contributed by atoms with van der Waals surface area (Å²) in [5, 5.41) is 8.83. The van der Waals surface area contributed by atoms with Gasteiger partial charge in [0.25, 0.3) is 0 Å². The summed E-state index contributed by atoms with van der Waals surface area (Å²) in [5.74, 6) is -0.771. The van der Waals surface area contributed by atoms with Gasteiger partial charge in [0.05, 0.1) is 0 Å². The van der Waals surface area contributed by atoms with E-state index in [-0.39, 0.29) is 0 Å². The molecule has 1 aromatic heterocycles. The van der Waals surface area contributed by atoms with Crippen LogP contribution in [0.3, 0.4) is 0 Å². The van der Waals surface area contributed by atoms with Gasteiger partial charge in [0.1, 0.15) is 4.88 Å². The highest BCUT2D eigenvalue weighted by molar-refractivity contribution is 7.14. The van der Waals surface area contributed by atoms with Gasteiger partial charge in [-0.25, -0.2) is 4.79 Å². The van der Waals surface area contributed by atoms with Crippen LogP contribution >= 0.6 is 11.3 Å². The van der Waals surface area contributed by atoms with Gasteiger partial charge in [-0.3, -0.25) is 0 Å². The number of aryl methyl sites for hydroxylation is 1. The fourth-order valence-corrected chi connectivity index (χ4v) is 3.00. The zero-order valence-corrected chi connectivity index (χ0v) is 7.70. The minimum atomic E-state index is -0.771. The Morgan fingerprint density at radius 1 is 1.50 bits per heavy atom. The van der Waals surface area contributed by atoms with Crippen molar-refractivity contribution in [3.8, 4) is 0 Å². The summed E-state index contributed by atoms with van der Waals surface area (Å²) < 4.78 is 0. The summed E-state index contributed by atoms with van der Waals surface area (Å²) in [6, 6.07) is 0. The smallest absolute Gasteiger partial charge is 0.346 e. The van der Waals surface area contributed by atoms with Crippen molar-refractivity contribution in [2.45, 2.75) is 26.2 Å². The first-order valence-corrected chi connectivity index (χ1v) is 4.86. The molecule has 3 heteroatoms. The molecule has 1 heterocycles. The Kier molecular flexibility index (Phi) is 1.68. The molecule has 64 valence electrons. The molecule has 0 atom stereocenters. The molecule has 0 saturated carbocycles. The molecule has 0 amide bonds. The average molecular weight is 182 g/mol. The second-order valence-corrected chi connectivity index (χ2v) is 4.22. The maximum atomic E-state index is 10.7. The van der Waals surface area contributed by atoms with E-state index in [0.717, 1.165) is 18.4 Å². The van der Waals surface area contributed by atoms with Gasteiger partial charge in [-0.1, -0.05) is 0 Å². The van der Waals surface area contributed by atoms with E-state index in [1.165, 1.54) is 28.2 Å². The minimum absolute atomic E-state index is 0.541. The Hall–Kier alpha value is -0.830. The molecule has 12 heavy (non-hydrogen) atoms. The largest absolute Gasteiger partial charge is 0.477 e. The van der Waals surface area contributed by atoms with E-state index in [1.807, 2.05) is 6.92 Å². The normalized spacial score (nSPS) is 14.8. The standard InChI is InChI=1S/C9H10O2S/c1-5-6-3-2-4-7(6)12-8(5)9(10)11/h2-4H2,1H3,(H,10,11). The second-order valence-electron chi connectivity index (χ2n) is 3.12. The maximum absolute atomic E-state index is 10.7. The highest BCUT2D eigenvalue weighted by atomic mass is 32.1. The number of carboxylic acid groups (broad SMARTS) is 1. The Morgan fingerprint density at radius 3 is 2.83 bits per heavy atom. The molecule has 2 nitrogen and oxygen atoms in total. The van der Waals surface area contributed by atoms with Crippen LogP contribution in [0.1, 0.15) is 32.1 Å². The van der Waals surface area contributed by atoms with Crippen molar-refractivity contribution in [3.63, 3.8) is 0 Å². The Morgan fingerprint density at radius 2 is 2.25 bits per heavy atom. The van der Waals surface area contributed by atoms with E-state index in [1.54, 1.807) is 0 Å². The third kappa shape index (κ3) is 0.966. The molecule has 0 aliphatic heterocycles. The number of carboxylic acids is 1. The summed E-state index contributed by atoms with van der Waals surface area (Å²) >= 11 is 1.46. The van der Waals surface area contributed by atoms with Gasteiger partial charge in [-0.15, -0.1) is 11.3 Å². The average Bonchev–Trinajstić information content (AvgIpc) is 2.53. The zero-order valence-electron chi connectivity index (χ0n) is 6.89. The first-order valence-electron chi connectivity index (χ1n) is 4.04. The van der Waals surface area contributed by atoms with Gasteiger partial charge < -0.3 is 5.11 Å². The minimum Gasteiger partial charge on any atom is -0.477 e. The molecule has 1 aliphatic rings. The molecule has 0 spiro atoms. The van der Waals surface area contributed by atoms with Crippen molar-refractivity contribution >= 4 is 17.3 Å². The summed E-state index contributed by atoms with van der Waals surface area (Å²) in [4.78, 5) is 12.6. The molecule has 1 aromatic rings. The molecule has 0 fully saturated rings. The number of fused-ring (bicyclic) bond motifs is 1. The number of hydrogen-bond acceptors (Lipinski definition) is 2. The fraction of sp³-hybridized carbons (Fsp3) is 0.444. The number of hydrogen-bond donors (Lipinski definition) is 1. The van der Waals surface area contributed by atoms with Crippen molar-refractivity contribution in [2.24, 2.45) is 0 Å². The zero-order chi connectivity index (χ0) is 8.72. The highest BCUT2D eigenvalue weighted by Crippen LogP contribution is 2.34. The molecule has 1 N–H and O–H groups in total. The Labute approximate surface area is 74.8 Å². The third-order valence-corrected chi connectivity index (χ3v) is 3.76. The lowest BCUT2D eigenvalue weighted by molar-refractivity contribution is 0.0701. The van der Waals surface area contributed by atoms with E-state index in [4.69, 9.17) is 5.11 Å². The Balaban J connectivity index is 2.54. The molecule has 0 saturated heterocycles. The number of thiophene rings is 1. The maximum Gasteiger partial charge on any atom is 0.346 e. The quantitative estimate of drug-likeness (QED) is 0.723. The lowest BCUT2D eigenvalue weighted by atomic mass is 10.1. The molecular weight excluding hydrogens is 172 g/mol. The van der Waals surface area contributed by atoms with E-state index in [0.29, 0.717) is 4.88 Å². The predicted octanol–water partition coefficient (Wildman–Crippen LogP) is 2.24. The first-order chi connectivity index (χ1) is 5.70. The van der Waals surface area contributed by atoms with Crippen molar-refractivity contribution in [1.82, 2.24) is 0 Å². The number of aromatic carboxylic acids is 1. The van der Waals surface area contributed by atoms with E-state index >= 15 is 0 Å². The molecular formula is C9H10O2S. The lowest BCUT2D eigenvalue weighted by Gasteiger charge is -1.93. The monoisotopic (exact) mass is 182 g/mol. The summed E-state index contributed by atoms with van der Waals surface area (Å²) in [5.41, 5.74) is 2.30. The van der Waals surface area contributed by atoms with Gasteiger partial charge in [0, 0.05) is 4.88 Å². The van der Waals surface area contributed by atoms with Gasteiger partial charge in [0.15, 0.2) is 0 Å². The molecule has 0 radical (unpaired) electrons. The van der Waals surface area contributed by atoms with Gasteiger partial charge in [-0.2, -0.15) is 0 Å². The fourth-order valence-electron chi connectivity index (χ4n) is 1.77. The van der Waals surface area contributed by atoms with Gasteiger partial charge in [-0.05, 0) is 37.3 Å². The van der Waals surface area contributed by atoms with Crippen molar-refractivity contribution in [2.75, 3.05) is 0 Å². The SMILES string of the molecule is Cc1c(C(=O)O)sc2c1CCC2. The summed E-state index contributed by atoms with van der Waals surface area (Å²) in [6.07, 6.45) is 3.35. The van der Waals surface area contributed by atoms with Crippen molar-refractivity contribution in [3.05, 3.63) is 20.9 Å². The topological polar surface area (TPSA) is 37.3 Å². The van der Waals surface area contributed by atoms with Crippen LogP contribution in [0.25, 0.3) is 0 Å². The van der Waals surface area contributed by atoms with Gasteiger partial charge >= 0.3 is 5.97 Å². The van der Waals surface area contributed by atoms with Crippen LogP contribution in [0.4, 0.5) is 0 Å². The summed E-state index contributed by atoms with van der Waals surface area (Å²) in [7, 11) is 0. The van der Waals surface area contributed by atoms with E-state index in [9.17, 15) is 4.79 Å². The molecule has 0 bridgehead atoms. The molecule has 0 aromatic carbocycles. The van der Waals surface area contributed by atoms with Crippen LogP contribution in [0.2, 0.25) is 0 Å². The first kappa shape index (κ1) is 7.80. The van der Waals surface area contributed by atoms with Crippen molar-refractivity contribution in [1.29, 1.82) is 0 Å². The van der Waals surface area contributed by atoms with Crippen LogP contribution in [-0.2, 0) is 12.8 Å². The van der Waals surface area contributed by atoms with E-state index < -0.39 is 5.97 Å². The van der Waals surface area contributed by atoms with Crippen LogP contribution in [0.5, 0.6) is 0 Å². The van der Waals surface area contributed by atoms with Crippen LogP contribution in [0, 0.1) is 6.92 Å². The Bertz CT molecular complexity index is 339. The lowest BCUT2D eigenvalue weighted by Crippen LogP contribution is -1.95. The van der Waals surface area contributed by atoms with Crippen molar-refractivity contribution < 1.29 is 9.90 Å².